The van der Waals surface area contributed by atoms with Crippen LogP contribution >= 0.6 is 15.9 Å². The number of imidazole rings is 1. The molecule has 1 amide bonds. The molecular formula is C26H26BrN3O2. The van der Waals surface area contributed by atoms with E-state index >= 15 is 0 Å². The number of fused-ring (bicyclic) bond motifs is 2. The number of nitrogens with zero attached hydrogens (tertiary/aromatic N) is 2. The number of nitrogens with one attached hydrogen (secondary N) is 1. The molecule has 4 aromatic rings. The van der Waals surface area contributed by atoms with Crippen molar-refractivity contribution < 1.29 is 9.90 Å². The van der Waals surface area contributed by atoms with Crippen molar-refractivity contribution >= 4 is 43.8 Å². The zero-order valence-corrected chi connectivity index (χ0v) is 20.0. The Morgan fingerprint density at radius 1 is 1.06 bits per heavy atom. The Morgan fingerprint density at radius 3 is 2.50 bits per heavy atom. The minimum atomic E-state index is -0.888. The Kier molecular flexibility index (Phi) is 4.82. The van der Waals surface area contributed by atoms with Gasteiger partial charge in [-0.2, -0.15) is 0 Å². The molecule has 1 aliphatic heterocycles. The standard InChI is InChI=1S/C26H26BrN3O2/c1-25(2,3)26(11-4-12-30(26)24(31)32)23-28-21-10-8-19(15-22(21)29-23)16-5-6-18-14-20(27)9-7-17(18)13-16/h5-10,13-15H,4,11-12H2,1-3H3,(H,28,29)(H,31,32)/t26-/m1/s1. The fraction of sp³-hybridized carbons (Fsp3) is 0.308. The van der Waals surface area contributed by atoms with E-state index < -0.39 is 11.6 Å². The number of aromatic amines is 1. The molecule has 2 N–H and O–H groups in total. The van der Waals surface area contributed by atoms with Crippen molar-refractivity contribution in [2.45, 2.75) is 39.2 Å². The number of hydrogen-bond donors (Lipinski definition) is 2. The summed E-state index contributed by atoms with van der Waals surface area (Å²) in [5.74, 6) is 0.736. The van der Waals surface area contributed by atoms with Crippen LogP contribution in [0.4, 0.5) is 4.79 Å². The normalized spacial score (nSPS) is 19.2. The van der Waals surface area contributed by atoms with Crippen LogP contribution < -0.4 is 0 Å². The highest BCUT2D eigenvalue weighted by Gasteiger charge is 2.55. The van der Waals surface area contributed by atoms with Crippen molar-refractivity contribution in [3.05, 3.63) is 64.9 Å². The molecule has 3 aromatic carbocycles. The number of halogens is 1. The first kappa shape index (κ1) is 21.0. The van der Waals surface area contributed by atoms with E-state index in [0.717, 1.165) is 45.3 Å². The van der Waals surface area contributed by atoms with Gasteiger partial charge in [0.05, 0.1) is 11.0 Å². The van der Waals surface area contributed by atoms with E-state index in [0.29, 0.717) is 6.54 Å². The van der Waals surface area contributed by atoms with Crippen molar-refractivity contribution in [2.24, 2.45) is 5.41 Å². The molecule has 0 unspecified atom stereocenters. The van der Waals surface area contributed by atoms with E-state index in [1.807, 2.05) is 6.07 Å². The van der Waals surface area contributed by atoms with Gasteiger partial charge in [-0.25, -0.2) is 9.78 Å². The average molecular weight is 492 g/mol. The molecule has 1 atom stereocenters. The quantitative estimate of drug-likeness (QED) is 0.312. The maximum atomic E-state index is 12.1. The Balaban J connectivity index is 1.61. The number of benzene rings is 3. The maximum Gasteiger partial charge on any atom is 0.408 e. The summed E-state index contributed by atoms with van der Waals surface area (Å²) < 4.78 is 1.07. The first-order chi connectivity index (χ1) is 15.2. The van der Waals surface area contributed by atoms with E-state index in [9.17, 15) is 9.90 Å². The molecule has 0 aliphatic carbocycles. The zero-order valence-electron chi connectivity index (χ0n) is 18.4. The lowest BCUT2D eigenvalue weighted by molar-refractivity contribution is 0.0219. The summed E-state index contributed by atoms with van der Waals surface area (Å²) in [6, 6.07) is 19.0. The van der Waals surface area contributed by atoms with E-state index in [1.54, 1.807) is 4.90 Å². The highest BCUT2D eigenvalue weighted by atomic mass is 79.9. The third-order valence-corrected chi connectivity index (χ3v) is 7.36. The molecule has 0 bridgehead atoms. The van der Waals surface area contributed by atoms with Gasteiger partial charge in [-0.15, -0.1) is 0 Å². The highest BCUT2D eigenvalue weighted by Crippen LogP contribution is 2.50. The smallest absolute Gasteiger partial charge is 0.408 e. The summed E-state index contributed by atoms with van der Waals surface area (Å²) in [5.41, 5.74) is 3.04. The van der Waals surface area contributed by atoms with E-state index in [-0.39, 0.29) is 5.41 Å². The molecule has 0 radical (unpaired) electrons. The van der Waals surface area contributed by atoms with Crippen LogP contribution in [0.5, 0.6) is 0 Å². The number of carboxylic acid groups (broad SMARTS) is 1. The summed E-state index contributed by atoms with van der Waals surface area (Å²) in [5, 5.41) is 12.3. The van der Waals surface area contributed by atoms with E-state index in [2.05, 4.69) is 90.2 Å². The van der Waals surface area contributed by atoms with Crippen LogP contribution in [0.15, 0.2) is 59.1 Å². The van der Waals surface area contributed by atoms with Gasteiger partial charge in [0.25, 0.3) is 0 Å². The monoisotopic (exact) mass is 491 g/mol. The summed E-state index contributed by atoms with van der Waals surface area (Å²) in [7, 11) is 0. The first-order valence-electron chi connectivity index (χ1n) is 10.9. The van der Waals surface area contributed by atoms with E-state index in [1.165, 1.54) is 10.8 Å². The van der Waals surface area contributed by atoms with Gasteiger partial charge >= 0.3 is 6.09 Å². The number of likely N-dealkylation sites (tertiary alicyclic amines) is 1. The van der Waals surface area contributed by atoms with Crippen LogP contribution in [0.2, 0.25) is 0 Å². The lowest BCUT2D eigenvalue weighted by Crippen LogP contribution is -2.53. The van der Waals surface area contributed by atoms with Crippen molar-refractivity contribution in [3.8, 4) is 11.1 Å². The lowest BCUT2D eigenvalue weighted by atomic mass is 9.71. The number of carbonyl (C=O) groups is 1. The Bertz CT molecular complexity index is 1350. The van der Waals surface area contributed by atoms with E-state index in [4.69, 9.17) is 4.98 Å². The topological polar surface area (TPSA) is 69.2 Å². The third kappa shape index (κ3) is 3.20. The van der Waals surface area contributed by atoms with Gasteiger partial charge in [0.15, 0.2) is 0 Å². The largest absolute Gasteiger partial charge is 0.465 e. The van der Waals surface area contributed by atoms with Crippen LogP contribution in [0.25, 0.3) is 32.9 Å². The second-order valence-electron chi connectivity index (χ2n) is 9.67. The molecule has 164 valence electrons. The van der Waals surface area contributed by atoms with Gasteiger partial charge in [0, 0.05) is 11.0 Å². The Hall–Kier alpha value is -2.86. The van der Waals surface area contributed by atoms with Gasteiger partial charge in [0.2, 0.25) is 0 Å². The summed E-state index contributed by atoms with van der Waals surface area (Å²) >= 11 is 3.53. The number of amides is 1. The Labute approximate surface area is 195 Å². The summed E-state index contributed by atoms with van der Waals surface area (Å²) in [4.78, 5) is 22.1. The number of aromatic nitrogens is 2. The molecule has 1 aromatic heterocycles. The van der Waals surface area contributed by atoms with Crippen molar-refractivity contribution in [1.82, 2.24) is 14.9 Å². The van der Waals surface area contributed by atoms with Crippen LogP contribution in [-0.4, -0.2) is 32.6 Å². The molecule has 0 saturated carbocycles. The summed E-state index contributed by atoms with van der Waals surface area (Å²) in [6.07, 6.45) is 0.704. The fourth-order valence-corrected chi connectivity index (χ4v) is 5.62. The predicted molar refractivity (Wildman–Crippen MR) is 132 cm³/mol. The van der Waals surface area contributed by atoms with Crippen LogP contribution in [-0.2, 0) is 5.54 Å². The second-order valence-corrected chi connectivity index (χ2v) is 10.6. The lowest BCUT2D eigenvalue weighted by Gasteiger charge is -2.45. The zero-order chi connectivity index (χ0) is 22.7. The van der Waals surface area contributed by atoms with Crippen molar-refractivity contribution in [2.75, 3.05) is 6.54 Å². The van der Waals surface area contributed by atoms with Crippen molar-refractivity contribution in [3.63, 3.8) is 0 Å². The fourth-order valence-electron chi connectivity index (χ4n) is 5.24. The first-order valence-corrected chi connectivity index (χ1v) is 11.7. The predicted octanol–water partition coefficient (Wildman–Crippen LogP) is 7.16. The van der Waals surface area contributed by atoms with Gasteiger partial charge in [-0.1, -0.05) is 61.0 Å². The summed E-state index contributed by atoms with van der Waals surface area (Å²) in [6.45, 7) is 6.82. The third-order valence-electron chi connectivity index (χ3n) is 6.86. The van der Waals surface area contributed by atoms with Crippen LogP contribution in [0, 0.1) is 5.41 Å². The SMILES string of the molecule is CC(C)(C)[C@]1(c2nc3ccc(-c4ccc5cc(Br)ccc5c4)cc3[nH]2)CCCN1C(=O)O. The van der Waals surface area contributed by atoms with Crippen LogP contribution in [0.3, 0.4) is 0 Å². The van der Waals surface area contributed by atoms with Gasteiger partial charge < -0.3 is 10.1 Å². The minimum absolute atomic E-state index is 0.300. The minimum Gasteiger partial charge on any atom is -0.465 e. The molecule has 1 aliphatic rings. The molecular weight excluding hydrogens is 466 g/mol. The molecule has 1 fully saturated rings. The molecule has 2 heterocycles. The molecule has 6 heteroatoms. The molecule has 32 heavy (non-hydrogen) atoms. The number of rotatable bonds is 2. The molecule has 1 saturated heterocycles. The van der Waals surface area contributed by atoms with Gasteiger partial charge in [-0.05, 0) is 70.5 Å². The number of H-pyrrole nitrogens is 1. The maximum absolute atomic E-state index is 12.1. The molecule has 0 spiro atoms. The van der Waals surface area contributed by atoms with Gasteiger partial charge in [0.1, 0.15) is 11.4 Å². The van der Waals surface area contributed by atoms with Crippen LogP contribution in [0.1, 0.15) is 39.4 Å². The number of hydrogen-bond acceptors (Lipinski definition) is 2. The Morgan fingerprint density at radius 2 is 1.75 bits per heavy atom. The molecule has 5 nitrogen and oxygen atoms in total. The van der Waals surface area contributed by atoms with Gasteiger partial charge in [-0.3, -0.25) is 4.90 Å². The van der Waals surface area contributed by atoms with Crippen molar-refractivity contribution in [1.29, 1.82) is 0 Å². The molecule has 5 rings (SSSR count). The highest BCUT2D eigenvalue weighted by molar-refractivity contribution is 9.10. The average Bonchev–Trinajstić information content (AvgIpc) is 3.37. The second kappa shape index (κ2) is 7.34.